The highest BCUT2D eigenvalue weighted by Gasteiger charge is 2.62. The lowest BCUT2D eigenvalue weighted by atomic mass is 10.1. The maximum atomic E-state index is 4.57. The molecule has 1 aromatic rings. The lowest BCUT2D eigenvalue weighted by Gasteiger charge is -2.12. The van der Waals surface area contributed by atoms with Crippen molar-refractivity contribution in [1.82, 2.24) is 5.43 Å². The second-order valence-electron chi connectivity index (χ2n) is 3.71. The highest BCUT2D eigenvalue weighted by Crippen LogP contribution is 2.32. The number of nitrogens with one attached hydrogen (secondary N) is 1. The number of amidine groups is 1. The Balaban J connectivity index is 1.85. The fourth-order valence-corrected chi connectivity index (χ4v) is 2.01. The number of hydrogen-bond donors (Lipinski definition) is 1. The van der Waals surface area contributed by atoms with E-state index in [1.807, 2.05) is 18.2 Å². The first-order chi connectivity index (χ1) is 6.93. The van der Waals surface area contributed by atoms with Gasteiger partial charge in [-0.1, -0.05) is 30.3 Å². The molecule has 3 heterocycles. The molecule has 3 aliphatic rings. The average molecular weight is 182 g/mol. The van der Waals surface area contributed by atoms with E-state index in [0.717, 1.165) is 5.71 Å². The van der Waals surface area contributed by atoms with E-state index in [0.29, 0.717) is 6.04 Å². The summed E-state index contributed by atoms with van der Waals surface area (Å²) in [7, 11) is 0. The van der Waals surface area contributed by atoms with Crippen molar-refractivity contribution < 1.29 is 4.68 Å². The third-order valence-electron chi connectivity index (χ3n) is 2.82. The minimum absolute atomic E-state index is 0.502. The summed E-state index contributed by atoms with van der Waals surface area (Å²) in [6.45, 7) is 0. The maximum Gasteiger partial charge on any atom is 0.372 e. The molecule has 0 saturated carbocycles. The van der Waals surface area contributed by atoms with Crippen molar-refractivity contribution in [3.05, 3.63) is 47.7 Å². The minimum atomic E-state index is 0.502. The molecular weight excluding hydrogens is 174 g/mol. The van der Waals surface area contributed by atoms with Gasteiger partial charge in [0.2, 0.25) is 0 Å². The summed E-state index contributed by atoms with van der Waals surface area (Å²) >= 11 is 0. The van der Waals surface area contributed by atoms with Crippen molar-refractivity contribution in [1.29, 1.82) is 0 Å². The molecule has 4 rings (SSSR count). The van der Waals surface area contributed by atoms with E-state index < -0.39 is 0 Å². The zero-order valence-corrected chi connectivity index (χ0v) is 7.44. The van der Waals surface area contributed by atoms with E-state index in [4.69, 9.17) is 0 Å². The van der Waals surface area contributed by atoms with Crippen molar-refractivity contribution in [2.75, 3.05) is 0 Å². The van der Waals surface area contributed by atoms with Crippen molar-refractivity contribution in [2.24, 2.45) is 4.99 Å². The molecule has 3 aliphatic heterocycles. The third kappa shape index (κ3) is 0.642. The van der Waals surface area contributed by atoms with E-state index in [9.17, 15) is 0 Å². The second kappa shape index (κ2) is 1.95. The predicted octanol–water partition coefficient (Wildman–Crippen LogP) is 0.685. The smallest absolute Gasteiger partial charge is 0.226 e. The lowest BCUT2D eigenvalue weighted by molar-refractivity contribution is -0.567. The van der Waals surface area contributed by atoms with Crippen LogP contribution in [-0.2, 0) is 0 Å². The number of hydrazine groups is 1. The number of allylic oxidation sites excluding steroid dienone is 1. The van der Waals surface area contributed by atoms with Crippen LogP contribution in [0.3, 0.4) is 0 Å². The minimum Gasteiger partial charge on any atom is -0.226 e. The fraction of sp³-hybridized carbons (Fsp3) is 0.0909. The molecule has 0 bridgehead atoms. The van der Waals surface area contributed by atoms with Crippen LogP contribution in [0.4, 0.5) is 0 Å². The molecule has 0 amide bonds. The zero-order valence-electron chi connectivity index (χ0n) is 7.44. The van der Waals surface area contributed by atoms with E-state index in [2.05, 4.69) is 33.3 Å². The molecule has 0 aromatic heterocycles. The quantitative estimate of drug-likeness (QED) is 0.635. The number of hydrazone groups is 1. The molecule has 0 radical (unpaired) electrons. The number of dihydropyridines is 1. The summed E-state index contributed by atoms with van der Waals surface area (Å²) in [4.78, 5) is 4.57. The first-order valence-corrected chi connectivity index (χ1v) is 4.72. The SMILES string of the molecule is C1=C2N[N+]3=C(N=C1c1ccccc1)C23. The van der Waals surface area contributed by atoms with Gasteiger partial charge in [0.15, 0.2) is 5.71 Å². The molecule has 1 N–H and O–H groups in total. The Hall–Kier alpha value is -1.90. The van der Waals surface area contributed by atoms with Gasteiger partial charge in [-0.25, -0.2) is 5.43 Å². The standard InChI is InChI=1S/C11H7N3/c1-2-4-7(5-3-1)8-6-9-10-11(12-8)14(10)13-9/h1-6,10H/p+1. The fourth-order valence-electron chi connectivity index (χ4n) is 2.01. The molecule has 1 aromatic carbocycles. The lowest BCUT2D eigenvalue weighted by Crippen LogP contribution is -2.38. The second-order valence-corrected chi connectivity index (χ2v) is 3.71. The maximum absolute atomic E-state index is 4.57. The number of aliphatic imine (C=N–C) groups is 1. The first kappa shape index (κ1) is 6.54. The van der Waals surface area contributed by atoms with E-state index in [-0.39, 0.29) is 0 Å². The van der Waals surface area contributed by atoms with Gasteiger partial charge < -0.3 is 0 Å². The monoisotopic (exact) mass is 182 g/mol. The van der Waals surface area contributed by atoms with Crippen LogP contribution in [0.2, 0.25) is 0 Å². The Labute approximate surface area is 81.1 Å². The van der Waals surface area contributed by atoms with Crippen molar-refractivity contribution in [2.45, 2.75) is 6.04 Å². The molecular formula is C11H8N3+. The Morgan fingerprint density at radius 3 is 2.86 bits per heavy atom. The van der Waals surface area contributed by atoms with Gasteiger partial charge >= 0.3 is 5.84 Å². The summed E-state index contributed by atoms with van der Waals surface area (Å²) < 4.78 is 2.09. The Bertz CT molecular complexity index is 523. The van der Waals surface area contributed by atoms with Crippen LogP contribution in [0.25, 0.3) is 0 Å². The average Bonchev–Trinajstić information content (AvgIpc) is 2.86. The van der Waals surface area contributed by atoms with Crippen LogP contribution in [-0.4, -0.2) is 22.3 Å². The molecule has 1 saturated heterocycles. The molecule has 0 aliphatic carbocycles. The molecule has 1 unspecified atom stereocenters. The number of benzene rings is 1. The van der Waals surface area contributed by atoms with Gasteiger partial charge in [0.25, 0.3) is 6.04 Å². The van der Waals surface area contributed by atoms with Crippen LogP contribution in [0.1, 0.15) is 5.56 Å². The van der Waals surface area contributed by atoms with Gasteiger partial charge in [-0.2, -0.15) is 0 Å². The number of hydrogen-bond acceptors (Lipinski definition) is 2. The van der Waals surface area contributed by atoms with Gasteiger partial charge in [-0.05, 0) is 4.99 Å². The van der Waals surface area contributed by atoms with E-state index in [1.54, 1.807) is 0 Å². The summed E-state index contributed by atoms with van der Waals surface area (Å²) in [5.74, 6) is 1.17. The normalized spacial score (nSPS) is 25.6. The van der Waals surface area contributed by atoms with Crippen molar-refractivity contribution in [3.8, 4) is 0 Å². The molecule has 0 spiro atoms. The zero-order chi connectivity index (χ0) is 9.12. The van der Waals surface area contributed by atoms with Gasteiger partial charge in [-0.3, -0.25) is 0 Å². The molecule has 1 atom stereocenters. The van der Waals surface area contributed by atoms with Crippen LogP contribution in [0.15, 0.2) is 47.1 Å². The Morgan fingerprint density at radius 1 is 1.21 bits per heavy atom. The Morgan fingerprint density at radius 2 is 2.07 bits per heavy atom. The molecule has 14 heavy (non-hydrogen) atoms. The molecule has 66 valence electrons. The van der Waals surface area contributed by atoms with Crippen LogP contribution >= 0.6 is 0 Å². The molecule has 1 fully saturated rings. The summed E-state index contributed by atoms with van der Waals surface area (Å²) in [5, 5.41) is 0. The van der Waals surface area contributed by atoms with Crippen LogP contribution in [0, 0.1) is 0 Å². The van der Waals surface area contributed by atoms with Crippen LogP contribution in [0.5, 0.6) is 0 Å². The third-order valence-corrected chi connectivity index (χ3v) is 2.82. The number of nitrogens with zero attached hydrogens (tertiary/aromatic N) is 2. The van der Waals surface area contributed by atoms with Crippen molar-refractivity contribution >= 4 is 11.5 Å². The summed E-state index contributed by atoms with van der Waals surface area (Å²) in [5.41, 5.74) is 6.76. The summed E-state index contributed by atoms with van der Waals surface area (Å²) in [6.07, 6.45) is 2.13. The van der Waals surface area contributed by atoms with Gasteiger partial charge in [0.05, 0.1) is 0 Å². The predicted molar refractivity (Wildman–Crippen MR) is 53.3 cm³/mol. The summed E-state index contributed by atoms with van der Waals surface area (Å²) in [6, 6.07) is 10.8. The van der Waals surface area contributed by atoms with E-state index in [1.165, 1.54) is 17.1 Å². The highest BCUT2D eigenvalue weighted by atomic mass is 15.6. The van der Waals surface area contributed by atoms with Gasteiger partial charge in [0.1, 0.15) is 5.70 Å². The molecule has 3 nitrogen and oxygen atoms in total. The largest absolute Gasteiger partial charge is 0.372 e. The molecule has 3 heteroatoms. The Kier molecular flexibility index (Phi) is 0.911. The van der Waals surface area contributed by atoms with Crippen molar-refractivity contribution in [3.63, 3.8) is 0 Å². The van der Waals surface area contributed by atoms with E-state index >= 15 is 0 Å². The van der Waals surface area contributed by atoms with Gasteiger partial charge in [0, 0.05) is 11.6 Å². The van der Waals surface area contributed by atoms with Crippen LogP contribution < -0.4 is 5.43 Å². The first-order valence-electron chi connectivity index (χ1n) is 4.72. The topological polar surface area (TPSA) is 27.4 Å². The number of rotatable bonds is 1. The van der Waals surface area contributed by atoms with Gasteiger partial charge in [-0.15, -0.1) is 4.68 Å². The highest BCUT2D eigenvalue weighted by molar-refractivity contribution is 6.19.